The van der Waals surface area contributed by atoms with Gasteiger partial charge in [-0.2, -0.15) is 0 Å². The Labute approximate surface area is 118 Å². The molecule has 0 bridgehead atoms. The van der Waals surface area contributed by atoms with Gasteiger partial charge in [0, 0.05) is 23.6 Å². The van der Waals surface area contributed by atoms with E-state index in [-0.39, 0.29) is 17.8 Å². The van der Waals surface area contributed by atoms with Crippen LogP contribution in [0.25, 0.3) is 5.69 Å². The van der Waals surface area contributed by atoms with Crippen molar-refractivity contribution in [3.8, 4) is 5.69 Å². The van der Waals surface area contributed by atoms with Crippen LogP contribution in [0.15, 0.2) is 42.6 Å². The van der Waals surface area contributed by atoms with Crippen LogP contribution < -0.4 is 5.32 Å². The number of hydrogen-bond acceptors (Lipinski definition) is 1. The van der Waals surface area contributed by atoms with Crippen LogP contribution in [-0.2, 0) is 11.2 Å². The topological polar surface area (TPSA) is 34.0 Å². The summed E-state index contributed by atoms with van der Waals surface area (Å²) in [5.74, 6) is -0.265. The van der Waals surface area contributed by atoms with Crippen molar-refractivity contribution in [2.45, 2.75) is 32.7 Å². The number of rotatable bonds is 5. The molecule has 1 aromatic carbocycles. The van der Waals surface area contributed by atoms with Crippen LogP contribution in [0.5, 0.6) is 0 Å². The van der Waals surface area contributed by atoms with E-state index in [1.54, 1.807) is 12.1 Å². The summed E-state index contributed by atoms with van der Waals surface area (Å²) in [6.07, 6.45) is 3.10. The number of amides is 1. The van der Waals surface area contributed by atoms with E-state index in [0.717, 1.165) is 17.8 Å². The van der Waals surface area contributed by atoms with E-state index in [2.05, 4.69) is 5.32 Å². The molecule has 106 valence electrons. The Balaban J connectivity index is 2.13. The second kappa shape index (κ2) is 6.37. The van der Waals surface area contributed by atoms with Gasteiger partial charge in [-0.05, 0) is 49.7 Å². The lowest BCUT2D eigenvalue weighted by atomic mass is 10.2. The second-order valence-electron chi connectivity index (χ2n) is 4.90. The van der Waals surface area contributed by atoms with Crippen LogP contribution in [0.2, 0.25) is 0 Å². The molecule has 1 unspecified atom stereocenters. The second-order valence-corrected chi connectivity index (χ2v) is 4.90. The number of benzene rings is 1. The summed E-state index contributed by atoms with van der Waals surface area (Å²) in [7, 11) is 0. The Kier molecular flexibility index (Phi) is 4.56. The summed E-state index contributed by atoms with van der Waals surface area (Å²) < 4.78 is 14.8. The number of aromatic nitrogens is 1. The van der Waals surface area contributed by atoms with E-state index in [1.807, 2.05) is 36.7 Å². The normalized spacial score (nSPS) is 12.2. The molecule has 4 heteroatoms. The maximum atomic E-state index is 12.9. The zero-order valence-corrected chi connectivity index (χ0v) is 11.8. The van der Waals surface area contributed by atoms with E-state index in [1.165, 1.54) is 12.1 Å². The van der Waals surface area contributed by atoms with Gasteiger partial charge in [-0.1, -0.05) is 6.92 Å². The Bertz CT molecular complexity index is 574. The van der Waals surface area contributed by atoms with Crippen LogP contribution >= 0.6 is 0 Å². The molecule has 0 saturated heterocycles. The van der Waals surface area contributed by atoms with Crippen molar-refractivity contribution in [1.29, 1.82) is 0 Å². The highest BCUT2D eigenvalue weighted by molar-refractivity contribution is 5.78. The zero-order valence-electron chi connectivity index (χ0n) is 11.8. The minimum Gasteiger partial charge on any atom is -0.353 e. The van der Waals surface area contributed by atoms with Gasteiger partial charge in [-0.25, -0.2) is 4.39 Å². The predicted molar refractivity (Wildman–Crippen MR) is 77.3 cm³/mol. The Morgan fingerprint density at radius 1 is 1.30 bits per heavy atom. The van der Waals surface area contributed by atoms with E-state index in [9.17, 15) is 9.18 Å². The van der Waals surface area contributed by atoms with Crippen LogP contribution in [0.1, 0.15) is 26.0 Å². The van der Waals surface area contributed by atoms with Gasteiger partial charge in [0.2, 0.25) is 5.91 Å². The van der Waals surface area contributed by atoms with Gasteiger partial charge in [-0.15, -0.1) is 0 Å². The standard InChI is InChI=1S/C16H19FN2O/c1-3-12(2)18-16(20)11-15-5-4-10-19(15)14-8-6-13(17)7-9-14/h4-10,12H,3,11H2,1-2H3,(H,18,20). The Morgan fingerprint density at radius 2 is 2.00 bits per heavy atom. The van der Waals surface area contributed by atoms with Crippen LogP contribution in [-0.4, -0.2) is 16.5 Å². The van der Waals surface area contributed by atoms with Crippen molar-refractivity contribution in [3.05, 3.63) is 54.1 Å². The molecule has 0 aliphatic rings. The minimum absolute atomic E-state index is 0.00131. The van der Waals surface area contributed by atoms with Crippen molar-refractivity contribution in [1.82, 2.24) is 9.88 Å². The lowest BCUT2D eigenvalue weighted by molar-refractivity contribution is -0.121. The first kappa shape index (κ1) is 14.3. The molecule has 0 spiro atoms. The molecule has 1 heterocycles. The van der Waals surface area contributed by atoms with Gasteiger partial charge in [0.05, 0.1) is 6.42 Å². The van der Waals surface area contributed by atoms with Crippen molar-refractivity contribution < 1.29 is 9.18 Å². The van der Waals surface area contributed by atoms with Crippen LogP contribution in [0, 0.1) is 5.82 Å². The smallest absolute Gasteiger partial charge is 0.226 e. The zero-order chi connectivity index (χ0) is 14.5. The van der Waals surface area contributed by atoms with E-state index >= 15 is 0 Å². The predicted octanol–water partition coefficient (Wildman–Crippen LogP) is 3.07. The SMILES string of the molecule is CCC(C)NC(=O)Cc1cccn1-c1ccc(F)cc1. The molecular formula is C16H19FN2O. The first-order valence-electron chi connectivity index (χ1n) is 6.81. The third-order valence-corrected chi connectivity index (χ3v) is 3.30. The van der Waals surface area contributed by atoms with Crippen molar-refractivity contribution >= 4 is 5.91 Å². The Morgan fingerprint density at radius 3 is 2.65 bits per heavy atom. The summed E-state index contributed by atoms with van der Waals surface area (Å²) in [6.45, 7) is 4.02. The minimum atomic E-state index is -0.267. The molecule has 1 amide bonds. The number of halogens is 1. The monoisotopic (exact) mass is 274 g/mol. The van der Waals surface area contributed by atoms with Gasteiger partial charge in [0.25, 0.3) is 0 Å². The molecule has 20 heavy (non-hydrogen) atoms. The largest absolute Gasteiger partial charge is 0.353 e. The Hall–Kier alpha value is -2.10. The fourth-order valence-electron chi connectivity index (χ4n) is 2.01. The number of carbonyl (C=O) groups excluding carboxylic acids is 1. The highest BCUT2D eigenvalue weighted by Crippen LogP contribution is 2.14. The summed E-state index contributed by atoms with van der Waals surface area (Å²) in [4.78, 5) is 11.9. The third kappa shape index (κ3) is 3.47. The van der Waals surface area contributed by atoms with Gasteiger partial charge >= 0.3 is 0 Å². The van der Waals surface area contributed by atoms with Crippen molar-refractivity contribution in [3.63, 3.8) is 0 Å². The van der Waals surface area contributed by atoms with Gasteiger partial charge in [-0.3, -0.25) is 4.79 Å². The van der Waals surface area contributed by atoms with Crippen molar-refractivity contribution in [2.24, 2.45) is 0 Å². The molecular weight excluding hydrogens is 255 g/mol. The quantitative estimate of drug-likeness (QED) is 0.893. The molecule has 0 aliphatic heterocycles. The van der Waals surface area contributed by atoms with Crippen molar-refractivity contribution in [2.75, 3.05) is 0 Å². The average molecular weight is 274 g/mol. The third-order valence-electron chi connectivity index (χ3n) is 3.30. The molecule has 3 nitrogen and oxygen atoms in total. The molecule has 0 saturated carbocycles. The van der Waals surface area contributed by atoms with E-state index in [0.29, 0.717) is 6.42 Å². The average Bonchev–Trinajstić information content (AvgIpc) is 2.87. The summed E-state index contributed by atoms with van der Waals surface area (Å²) in [6, 6.07) is 10.2. The summed E-state index contributed by atoms with van der Waals surface area (Å²) in [5.41, 5.74) is 1.74. The number of hydrogen-bond donors (Lipinski definition) is 1. The van der Waals surface area contributed by atoms with Gasteiger partial charge in [0.1, 0.15) is 5.82 Å². The fraction of sp³-hybridized carbons (Fsp3) is 0.312. The maximum Gasteiger partial charge on any atom is 0.226 e. The fourth-order valence-corrected chi connectivity index (χ4v) is 2.01. The molecule has 0 fully saturated rings. The molecule has 1 atom stereocenters. The number of nitrogens with zero attached hydrogens (tertiary/aromatic N) is 1. The molecule has 0 radical (unpaired) electrons. The van der Waals surface area contributed by atoms with E-state index < -0.39 is 0 Å². The number of carbonyl (C=O) groups is 1. The van der Waals surface area contributed by atoms with Crippen LogP contribution in [0.3, 0.4) is 0 Å². The first-order valence-corrected chi connectivity index (χ1v) is 6.81. The lowest BCUT2D eigenvalue weighted by Crippen LogP contribution is -2.33. The maximum absolute atomic E-state index is 12.9. The molecule has 1 N–H and O–H groups in total. The van der Waals surface area contributed by atoms with Crippen LogP contribution in [0.4, 0.5) is 4.39 Å². The highest BCUT2D eigenvalue weighted by atomic mass is 19.1. The first-order chi connectivity index (χ1) is 9.60. The summed E-state index contributed by atoms with van der Waals surface area (Å²) in [5, 5.41) is 2.94. The van der Waals surface area contributed by atoms with Gasteiger partial charge in [0.15, 0.2) is 0 Å². The molecule has 2 rings (SSSR count). The lowest BCUT2D eigenvalue weighted by Gasteiger charge is -2.13. The van der Waals surface area contributed by atoms with E-state index in [4.69, 9.17) is 0 Å². The molecule has 0 aliphatic carbocycles. The number of nitrogens with one attached hydrogen (secondary N) is 1. The molecule has 1 aromatic heterocycles. The summed E-state index contributed by atoms with van der Waals surface area (Å²) >= 11 is 0. The molecule has 2 aromatic rings. The highest BCUT2D eigenvalue weighted by Gasteiger charge is 2.10. The van der Waals surface area contributed by atoms with Gasteiger partial charge < -0.3 is 9.88 Å².